The van der Waals surface area contributed by atoms with Crippen LogP contribution in [-0.2, 0) is 4.79 Å². The molecule has 1 fully saturated rings. The van der Waals surface area contributed by atoms with E-state index in [0.29, 0.717) is 17.7 Å². The fraction of sp³-hybridized carbons (Fsp3) is 0.429. The summed E-state index contributed by atoms with van der Waals surface area (Å²) in [6, 6.07) is 6.42. The number of carboxylic acid groups (broad SMARTS) is 1. The highest BCUT2D eigenvalue weighted by Gasteiger charge is 2.37. The van der Waals surface area contributed by atoms with Crippen molar-refractivity contribution in [3.63, 3.8) is 0 Å². The highest BCUT2D eigenvalue weighted by Crippen LogP contribution is 2.25. The summed E-state index contributed by atoms with van der Waals surface area (Å²) in [6.45, 7) is 0.758. The molecule has 0 spiro atoms. The second-order valence-electron chi connectivity index (χ2n) is 4.58. The Morgan fingerprint density at radius 2 is 2.16 bits per heavy atom. The van der Waals surface area contributed by atoms with Gasteiger partial charge in [0.15, 0.2) is 5.78 Å². The third kappa shape index (κ3) is 2.76. The lowest BCUT2D eigenvalue weighted by molar-refractivity contribution is -0.140. The number of hydrogen-bond acceptors (Lipinski definition) is 4. The van der Waals surface area contributed by atoms with Gasteiger partial charge in [0.25, 0.3) is 0 Å². The number of ketones is 1. The molecule has 1 aromatic carbocycles. The van der Waals surface area contributed by atoms with Crippen molar-refractivity contribution in [2.24, 2.45) is 5.92 Å². The molecule has 0 bridgehead atoms. The van der Waals surface area contributed by atoms with E-state index in [9.17, 15) is 14.7 Å². The van der Waals surface area contributed by atoms with E-state index in [0.717, 1.165) is 13.0 Å². The summed E-state index contributed by atoms with van der Waals surface area (Å²) in [6.07, 6.45) is 1.60. The SMILES string of the molecule is COc1ccccc1C(=O)C(C(=O)O)C1CCCN1. The standard InChI is InChI=1S/C14H17NO4/c1-19-11-7-3-2-5-9(11)13(16)12(14(17)18)10-6-4-8-15-10/h2-3,5,7,10,12,15H,4,6,8H2,1H3,(H,17,18). The molecular weight excluding hydrogens is 246 g/mol. The number of nitrogens with one attached hydrogen (secondary N) is 1. The molecule has 102 valence electrons. The van der Waals surface area contributed by atoms with Gasteiger partial charge in [-0.25, -0.2) is 0 Å². The Morgan fingerprint density at radius 3 is 2.74 bits per heavy atom. The summed E-state index contributed by atoms with van der Waals surface area (Å²) in [5.41, 5.74) is 0.325. The van der Waals surface area contributed by atoms with Crippen LogP contribution in [0.4, 0.5) is 0 Å². The highest BCUT2D eigenvalue weighted by molar-refractivity contribution is 6.10. The van der Waals surface area contributed by atoms with E-state index in [1.165, 1.54) is 7.11 Å². The average Bonchev–Trinajstić information content (AvgIpc) is 2.92. The Balaban J connectivity index is 2.31. The van der Waals surface area contributed by atoms with Gasteiger partial charge in [0.2, 0.25) is 0 Å². The number of methoxy groups -OCH3 is 1. The van der Waals surface area contributed by atoms with Gasteiger partial charge < -0.3 is 15.2 Å². The van der Waals surface area contributed by atoms with Gasteiger partial charge in [-0.15, -0.1) is 0 Å². The Morgan fingerprint density at radius 1 is 1.42 bits per heavy atom. The zero-order valence-corrected chi connectivity index (χ0v) is 10.8. The highest BCUT2D eigenvalue weighted by atomic mass is 16.5. The fourth-order valence-corrected chi connectivity index (χ4v) is 2.48. The quantitative estimate of drug-likeness (QED) is 0.619. The Hall–Kier alpha value is -1.88. The van der Waals surface area contributed by atoms with Crippen LogP contribution >= 0.6 is 0 Å². The molecule has 5 heteroatoms. The van der Waals surface area contributed by atoms with E-state index in [2.05, 4.69) is 5.32 Å². The third-order valence-electron chi connectivity index (χ3n) is 3.42. The monoisotopic (exact) mass is 263 g/mol. The first-order valence-electron chi connectivity index (χ1n) is 6.28. The minimum Gasteiger partial charge on any atom is -0.496 e. The summed E-state index contributed by atoms with van der Waals surface area (Å²) in [5, 5.41) is 12.4. The lowest BCUT2D eigenvalue weighted by Gasteiger charge is -2.19. The molecule has 5 nitrogen and oxygen atoms in total. The zero-order chi connectivity index (χ0) is 13.8. The second kappa shape index (κ2) is 5.84. The normalized spacial score (nSPS) is 19.9. The number of Topliss-reactive ketones (excluding diaryl/α,β-unsaturated/α-hetero) is 1. The number of rotatable bonds is 5. The molecule has 2 rings (SSSR count). The number of hydrogen-bond donors (Lipinski definition) is 2. The van der Waals surface area contributed by atoms with Crippen LogP contribution in [0.3, 0.4) is 0 Å². The third-order valence-corrected chi connectivity index (χ3v) is 3.42. The zero-order valence-electron chi connectivity index (χ0n) is 10.8. The number of para-hydroxylation sites is 1. The summed E-state index contributed by atoms with van der Waals surface area (Å²) < 4.78 is 5.12. The first-order chi connectivity index (χ1) is 9.15. The van der Waals surface area contributed by atoms with Crippen LogP contribution in [0.2, 0.25) is 0 Å². The van der Waals surface area contributed by atoms with Crippen molar-refractivity contribution in [3.05, 3.63) is 29.8 Å². The second-order valence-corrected chi connectivity index (χ2v) is 4.58. The average molecular weight is 263 g/mol. The minimum absolute atomic E-state index is 0.296. The molecule has 0 saturated carbocycles. The molecule has 2 atom stereocenters. The van der Waals surface area contributed by atoms with Gasteiger partial charge in [-0.3, -0.25) is 9.59 Å². The van der Waals surface area contributed by atoms with Crippen LogP contribution < -0.4 is 10.1 Å². The van der Waals surface area contributed by atoms with Crippen molar-refractivity contribution in [1.82, 2.24) is 5.32 Å². The van der Waals surface area contributed by atoms with Crippen LogP contribution in [0, 0.1) is 5.92 Å². The number of carboxylic acids is 1. The minimum atomic E-state index is -1.09. The smallest absolute Gasteiger partial charge is 0.316 e. The predicted octanol–water partition coefficient (Wildman–Crippen LogP) is 1.33. The van der Waals surface area contributed by atoms with Crippen LogP contribution in [-0.4, -0.2) is 36.6 Å². The lowest BCUT2D eigenvalue weighted by Crippen LogP contribution is -2.40. The molecule has 2 N–H and O–H groups in total. The molecule has 1 saturated heterocycles. The van der Waals surface area contributed by atoms with Crippen LogP contribution in [0.1, 0.15) is 23.2 Å². The molecule has 0 aliphatic carbocycles. The molecule has 2 unspecified atom stereocenters. The number of carbonyl (C=O) groups excluding carboxylic acids is 1. The summed E-state index contributed by atoms with van der Waals surface area (Å²) >= 11 is 0. The number of aliphatic carboxylic acids is 1. The van der Waals surface area contributed by atoms with Crippen molar-refractivity contribution in [3.8, 4) is 5.75 Å². The molecule has 1 heterocycles. The molecule has 0 amide bonds. The van der Waals surface area contributed by atoms with Gasteiger partial charge >= 0.3 is 5.97 Å². The molecule has 1 aromatic rings. The maximum absolute atomic E-state index is 12.5. The van der Waals surface area contributed by atoms with E-state index in [4.69, 9.17) is 4.74 Å². The molecule has 0 radical (unpaired) electrons. The van der Waals surface area contributed by atoms with Crippen molar-refractivity contribution >= 4 is 11.8 Å². The predicted molar refractivity (Wildman–Crippen MR) is 69.5 cm³/mol. The van der Waals surface area contributed by atoms with Gasteiger partial charge in [0, 0.05) is 6.04 Å². The topological polar surface area (TPSA) is 75.6 Å². The van der Waals surface area contributed by atoms with Crippen molar-refractivity contribution < 1.29 is 19.4 Å². The molecule has 1 aliphatic heterocycles. The molecule has 0 aromatic heterocycles. The van der Waals surface area contributed by atoms with Gasteiger partial charge in [-0.1, -0.05) is 12.1 Å². The Labute approximate surface area is 111 Å². The number of benzene rings is 1. The van der Waals surface area contributed by atoms with E-state index in [1.807, 2.05) is 0 Å². The van der Waals surface area contributed by atoms with E-state index < -0.39 is 17.7 Å². The van der Waals surface area contributed by atoms with Crippen molar-refractivity contribution in [2.75, 3.05) is 13.7 Å². The maximum Gasteiger partial charge on any atom is 0.316 e. The largest absolute Gasteiger partial charge is 0.496 e. The molecular formula is C14H17NO4. The molecule has 19 heavy (non-hydrogen) atoms. The Bertz CT molecular complexity index is 480. The summed E-state index contributed by atoms with van der Waals surface area (Å²) in [7, 11) is 1.47. The van der Waals surface area contributed by atoms with Crippen LogP contribution in [0.5, 0.6) is 5.75 Å². The number of ether oxygens (including phenoxy) is 1. The van der Waals surface area contributed by atoms with Crippen LogP contribution in [0.25, 0.3) is 0 Å². The first kappa shape index (κ1) is 13.5. The lowest BCUT2D eigenvalue weighted by atomic mass is 9.89. The van der Waals surface area contributed by atoms with E-state index in [-0.39, 0.29) is 6.04 Å². The number of carbonyl (C=O) groups is 2. The van der Waals surface area contributed by atoms with Gasteiger partial charge in [0.05, 0.1) is 12.7 Å². The van der Waals surface area contributed by atoms with Crippen LogP contribution in [0.15, 0.2) is 24.3 Å². The summed E-state index contributed by atoms with van der Waals surface area (Å²) in [4.78, 5) is 23.9. The van der Waals surface area contributed by atoms with Crippen molar-refractivity contribution in [2.45, 2.75) is 18.9 Å². The fourth-order valence-electron chi connectivity index (χ4n) is 2.48. The van der Waals surface area contributed by atoms with Gasteiger partial charge in [0.1, 0.15) is 11.7 Å². The van der Waals surface area contributed by atoms with E-state index in [1.54, 1.807) is 24.3 Å². The van der Waals surface area contributed by atoms with Gasteiger partial charge in [-0.05, 0) is 31.5 Å². The summed E-state index contributed by atoms with van der Waals surface area (Å²) in [5.74, 6) is -2.13. The maximum atomic E-state index is 12.5. The first-order valence-corrected chi connectivity index (χ1v) is 6.28. The molecule has 1 aliphatic rings. The van der Waals surface area contributed by atoms with Gasteiger partial charge in [-0.2, -0.15) is 0 Å². The Kier molecular flexibility index (Phi) is 4.16. The van der Waals surface area contributed by atoms with Crippen molar-refractivity contribution in [1.29, 1.82) is 0 Å². The van der Waals surface area contributed by atoms with E-state index >= 15 is 0 Å².